The van der Waals surface area contributed by atoms with Gasteiger partial charge in [-0.15, -0.1) is 0 Å². The lowest BCUT2D eigenvalue weighted by molar-refractivity contribution is -0.151. The maximum atomic E-state index is 13.9. The van der Waals surface area contributed by atoms with Gasteiger partial charge in [-0.05, 0) is 68.7 Å². The topological polar surface area (TPSA) is 83.4 Å². The summed E-state index contributed by atoms with van der Waals surface area (Å²) in [4.78, 5) is 32.5. The highest BCUT2D eigenvalue weighted by molar-refractivity contribution is 6.09. The van der Waals surface area contributed by atoms with Gasteiger partial charge < -0.3 is 18.9 Å². The highest BCUT2D eigenvalue weighted by Gasteiger charge is 2.46. The van der Waals surface area contributed by atoms with Crippen molar-refractivity contribution in [2.24, 2.45) is 10.9 Å². The number of ether oxygens (including phenoxy) is 4. The predicted molar refractivity (Wildman–Crippen MR) is 144 cm³/mol. The van der Waals surface area contributed by atoms with Gasteiger partial charge in [0.05, 0.1) is 21.3 Å². The lowest BCUT2D eigenvalue weighted by Crippen LogP contribution is -2.39. The van der Waals surface area contributed by atoms with E-state index in [1.807, 2.05) is 49.4 Å². The molecule has 2 aliphatic carbocycles. The number of hydrogen-bond donors (Lipinski definition) is 0. The number of Topliss-reactive ketones (excluding diaryl/α,β-unsaturated/α-hetero) is 1. The van der Waals surface area contributed by atoms with E-state index in [0.717, 1.165) is 42.5 Å². The van der Waals surface area contributed by atoms with E-state index in [1.54, 1.807) is 21.3 Å². The van der Waals surface area contributed by atoms with E-state index in [0.29, 0.717) is 41.4 Å². The molecule has 38 heavy (non-hydrogen) atoms. The summed E-state index contributed by atoms with van der Waals surface area (Å²) >= 11 is 0. The molecule has 2 aromatic rings. The summed E-state index contributed by atoms with van der Waals surface area (Å²) < 4.78 is 22.6. The second-order valence-electron chi connectivity index (χ2n) is 10.3. The molecule has 7 heteroatoms. The molecule has 0 spiro atoms. The van der Waals surface area contributed by atoms with Crippen molar-refractivity contribution in [1.82, 2.24) is 0 Å². The Morgan fingerprint density at radius 2 is 1.61 bits per heavy atom. The first-order valence-electron chi connectivity index (χ1n) is 13.3. The summed E-state index contributed by atoms with van der Waals surface area (Å²) in [6.45, 7) is 1.87. The van der Waals surface area contributed by atoms with Crippen molar-refractivity contribution in [1.29, 1.82) is 0 Å². The average Bonchev–Trinajstić information content (AvgIpc) is 3.44. The first-order chi connectivity index (χ1) is 18.4. The van der Waals surface area contributed by atoms with Gasteiger partial charge in [-0.1, -0.05) is 24.3 Å². The number of aliphatic imine (C=N–C) groups is 1. The van der Waals surface area contributed by atoms with E-state index in [1.165, 1.54) is 0 Å². The Hall–Kier alpha value is -3.61. The normalized spacial score (nSPS) is 23.5. The van der Waals surface area contributed by atoms with Gasteiger partial charge in [0.1, 0.15) is 17.8 Å². The SMILES string of the molecule is COc1ccc(C2CC(=O)C3=C(C2)N=C(C)C(C(=O)OC2CCCC2)C3c2ccccc2OC)cc1OC. The second-order valence-corrected chi connectivity index (χ2v) is 10.3. The van der Waals surface area contributed by atoms with E-state index < -0.39 is 11.8 Å². The fourth-order valence-corrected chi connectivity index (χ4v) is 6.21. The quantitative estimate of drug-likeness (QED) is 0.434. The maximum Gasteiger partial charge on any atom is 0.315 e. The second kappa shape index (κ2) is 11.0. The number of hydrogen-bond acceptors (Lipinski definition) is 7. The minimum Gasteiger partial charge on any atom is -0.496 e. The summed E-state index contributed by atoms with van der Waals surface area (Å²) in [5, 5.41) is 0. The molecule has 1 saturated carbocycles. The van der Waals surface area contributed by atoms with Gasteiger partial charge in [0, 0.05) is 34.9 Å². The average molecular weight is 518 g/mol. The van der Waals surface area contributed by atoms with Crippen molar-refractivity contribution in [3.05, 3.63) is 64.9 Å². The Balaban J connectivity index is 1.55. The molecule has 3 unspecified atom stereocenters. The van der Waals surface area contributed by atoms with E-state index >= 15 is 0 Å². The molecule has 1 heterocycles. The molecule has 3 aliphatic rings. The van der Waals surface area contributed by atoms with Crippen molar-refractivity contribution in [2.75, 3.05) is 21.3 Å². The van der Waals surface area contributed by atoms with Gasteiger partial charge >= 0.3 is 5.97 Å². The molecule has 0 bridgehead atoms. The first kappa shape index (κ1) is 26.0. The summed E-state index contributed by atoms with van der Waals surface area (Å²) in [6, 6.07) is 13.4. The summed E-state index contributed by atoms with van der Waals surface area (Å²) in [6.07, 6.45) is 4.74. The number of carbonyl (C=O) groups excluding carboxylic acids is 2. The first-order valence-corrected chi connectivity index (χ1v) is 13.3. The van der Waals surface area contributed by atoms with Crippen LogP contribution in [0, 0.1) is 5.92 Å². The van der Waals surface area contributed by atoms with Crippen LogP contribution < -0.4 is 14.2 Å². The van der Waals surface area contributed by atoms with Crippen LogP contribution in [0.4, 0.5) is 0 Å². The van der Waals surface area contributed by atoms with E-state index in [-0.39, 0.29) is 23.8 Å². The van der Waals surface area contributed by atoms with Crippen molar-refractivity contribution in [3.8, 4) is 17.2 Å². The molecular weight excluding hydrogens is 482 g/mol. The molecule has 0 radical (unpaired) electrons. The third kappa shape index (κ3) is 4.82. The number of methoxy groups -OCH3 is 3. The largest absolute Gasteiger partial charge is 0.496 e. The molecule has 5 rings (SSSR count). The lowest BCUT2D eigenvalue weighted by Gasteiger charge is -2.37. The number of rotatable bonds is 7. The van der Waals surface area contributed by atoms with Crippen LogP contribution in [0.1, 0.15) is 68.4 Å². The number of benzene rings is 2. The highest BCUT2D eigenvalue weighted by atomic mass is 16.5. The zero-order chi connectivity index (χ0) is 26.8. The van der Waals surface area contributed by atoms with Crippen LogP contribution in [0.5, 0.6) is 17.2 Å². The lowest BCUT2D eigenvalue weighted by atomic mass is 9.69. The summed E-state index contributed by atoms with van der Waals surface area (Å²) in [5.41, 5.74) is 3.81. The van der Waals surface area contributed by atoms with Crippen LogP contribution in [-0.2, 0) is 14.3 Å². The molecule has 0 N–H and O–H groups in total. The van der Waals surface area contributed by atoms with Gasteiger partial charge in [-0.25, -0.2) is 0 Å². The van der Waals surface area contributed by atoms with E-state index in [2.05, 4.69) is 0 Å². The Labute approximate surface area is 223 Å². The molecule has 3 atom stereocenters. The van der Waals surface area contributed by atoms with Crippen LogP contribution >= 0.6 is 0 Å². The zero-order valence-corrected chi connectivity index (χ0v) is 22.5. The minimum atomic E-state index is -0.674. The Morgan fingerprint density at radius 1 is 0.895 bits per heavy atom. The molecule has 0 saturated heterocycles. The van der Waals surface area contributed by atoms with E-state index in [4.69, 9.17) is 23.9 Å². The maximum absolute atomic E-state index is 13.9. The molecule has 200 valence electrons. The highest BCUT2D eigenvalue weighted by Crippen LogP contribution is 2.49. The van der Waals surface area contributed by atoms with Crippen LogP contribution in [0.25, 0.3) is 0 Å². The fraction of sp³-hybridized carbons (Fsp3) is 0.452. The van der Waals surface area contributed by atoms with Gasteiger partial charge in [0.15, 0.2) is 17.3 Å². The smallest absolute Gasteiger partial charge is 0.315 e. The number of allylic oxidation sites excluding steroid dienone is 2. The number of para-hydroxylation sites is 1. The van der Waals surface area contributed by atoms with Crippen molar-refractivity contribution < 1.29 is 28.5 Å². The molecule has 0 aromatic heterocycles. The van der Waals surface area contributed by atoms with Gasteiger partial charge in [-0.3, -0.25) is 14.6 Å². The van der Waals surface area contributed by atoms with Crippen LogP contribution in [0.3, 0.4) is 0 Å². The number of ketones is 1. The predicted octanol–water partition coefficient (Wildman–Crippen LogP) is 5.77. The number of nitrogens with zero attached hydrogens (tertiary/aromatic N) is 1. The number of esters is 1. The standard InChI is InChI=1S/C31H35NO6/c1-18-28(31(34)38-21-9-5-6-10-21)29(22-11-7-8-12-25(22)35-2)30-23(32-18)15-20(16-24(30)33)19-13-14-26(36-3)27(17-19)37-4/h7-8,11-14,17,20-21,28-29H,5-6,9-10,15-16H2,1-4H3. The van der Waals surface area contributed by atoms with Gasteiger partial charge in [-0.2, -0.15) is 0 Å². The Morgan fingerprint density at radius 3 is 2.32 bits per heavy atom. The molecule has 7 nitrogen and oxygen atoms in total. The molecule has 0 amide bonds. The third-order valence-corrected chi connectivity index (χ3v) is 8.08. The van der Waals surface area contributed by atoms with Gasteiger partial charge in [0.25, 0.3) is 0 Å². The zero-order valence-electron chi connectivity index (χ0n) is 22.5. The Bertz CT molecular complexity index is 1290. The minimum absolute atomic E-state index is 0.00291. The van der Waals surface area contributed by atoms with Gasteiger partial charge in [0.2, 0.25) is 0 Å². The summed E-state index contributed by atoms with van der Waals surface area (Å²) in [7, 11) is 4.82. The van der Waals surface area contributed by atoms with Crippen LogP contribution in [-0.4, -0.2) is 44.9 Å². The molecule has 2 aromatic carbocycles. The van der Waals surface area contributed by atoms with Crippen molar-refractivity contribution in [3.63, 3.8) is 0 Å². The number of carbonyl (C=O) groups is 2. The molecule has 1 fully saturated rings. The van der Waals surface area contributed by atoms with Crippen molar-refractivity contribution >= 4 is 17.5 Å². The van der Waals surface area contributed by atoms with E-state index in [9.17, 15) is 9.59 Å². The summed E-state index contributed by atoms with van der Waals surface area (Å²) in [5.74, 6) is 0.364. The van der Waals surface area contributed by atoms with Crippen molar-refractivity contribution in [2.45, 2.75) is 63.4 Å². The monoisotopic (exact) mass is 517 g/mol. The molecule has 1 aliphatic heterocycles. The third-order valence-electron chi connectivity index (χ3n) is 8.08. The van der Waals surface area contributed by atoms with Crippen LogP contribution in [0.15, 0.2) is 58.7 Å². The van der Waals surface area contributed by atoms with Crippen LogP contribution in [0.2, 0.25) is 0 Å². The molecular formula is C31H35NO6. The Kier molecular flexibility index (Phi) is 7.54. The fourth-order valence-electron chi connectivity index (χ4n) is 6.21.